The third-order valence-electron chi connectivity index (χ3n) is 2.87. The van der Waals surface area contributed by atoms with Crippen molar-refractivity contribution in [2.24, 2.45) is 0 Å². The molecule has 90 valence electrons. The molecule has 5 heteroatoms. The normalized spacial score (nSPS) is 32.9. The van der Waals surface area contributed by atoms with Gasteiger partial charge >= 0.3 is 6.09 Å². The van der Waals surface area contributed by atoms with E-state index in [1.807, 2.05) is 20.8 Å². The van der Waals surface area contributed by atoms with E-state index in [9.17, 15) is 9.59 Å². The Hall–Kier alpha value is -1.10. The zero-order valence-corrected chi connectivity index (χ0v) is 9.86. The van der Waals surface area contributed by atoms with Gasteiger partial charge in [-0.05, 0) is 20.8 Å². The van der Waals surface area contributed by atoms with Crippen LogP contribution in [-0.4, -0.2) is 47.7 Å². The van der Waals surface area contributed by atoms with Gasteiger partial charge in [0, 0.05) is 6.42 Å². The van der Waals surface area contributed by atoms with Gasteiger partial charge in [0.15, 0.2) is 6.29 Å². The Labute approximate surface area is 94.7 Å². The van der Waals surface area contributed by atoms with Crippen molar-refractivity contribution in [2.45, 2.75) is 44.4 Å². The predicted octanol–water partition coefficient (Wildman–Crippen LogP) is 0.964. The molecule has 0 saturated carbocycles. The van der Waals surface area contributed by atoms with Crippen LogP contribution in [0.3, 0.4) is 0 Å². The second-order valence-corrected chi connectivity index (χ2v) is 5.46. The Balaban J connectivity index is 2.03. The highest BCUT2D eigenvalue weighted by atomic mass is 16.6. The van der Waals surface area contributed by atoms with Gasteiger partial charge in [-0.15, -0.1) is 0 Å². The van der Waals surface area contributed by atoms with Crippen molar-refractivity contribution in [2.75, 3.05) is 13.2 Å². The van der Waals surface area contributed by atoms with Crippen molar-refractivity contribution >= 4 is 12.4 Å². The Bertz CT molecular complexity index is 322. The van der Waals surface area contributed by atoms with Crippen LogP contribution < -0.4 is 0 Å². The van der Waals surface area contributed by atoms with E-state index in [0.717, 1.165) is 6.29 Å². The van der Waals surface area contributed by atoms with Crippen molar-refractivity contribution < 1.29 is 19.1 Å². The first-order valence-electron chi connectivity index (χ1n) is 5.45. The van der Waals surface area contributed by atoms with Gasteiger partial charge < -0.3 is 14.3 Å². The van der Waals surface area contributed by atoms with E-state index in [4.69, 9.17) is 9.47 Å². The summed E-state index contributed by atoms with van der Waals surface area (Å²) in [6.45, 7) is 6.22. The molecule has 2 atom stereocenters. The maximum atomic E-state index is 11.8. The van der Waals surface area contributed by atoms with Gasteiger partial charge in [-0.1, -0.05) is 0 Å². The molecule has 0 unspecified atom stereocenters. The van der Waals surface area contributed by atoms with Crippen molar-refractivity contribution in [3.8, 4) is 0 Å². The number of carbonyl (C=O) groups is 2. The average Bonchev–Trinajstić information content (AvgIpc) is 2.72. The summed E-state index contributed by atoms with van der Waals surface area (Å²) in [5.74, 6) is 0. The summed E-state index contributed by atoms with van der Waals surface area (Å²) < 4.78 is 10.7. The Kier molecular flexibility index (Phi) is 2.45. The molecule has 16 heavy (non-hydrogen) atoms. The maximum absolute atomic E-state index is 11.8. The monoisotopic (exact) mass is 227 g/mol. The van der Waals surface area contributed by atoms with Gasteiger partial charge in [-0.3, -0.25) is 4.90 Å². The zero-order chi connectivity index (χ0) is 12.0. The number of aldehydes is 1. The maximum Gasteiger partial charge on any atom is 0.410 e. The molecule has 5 nitrogen and oxygen atoms in total. The first-order chi connectivity index (χ1) is 7.35. The molecular formula is C11H17NO4. The predicted molar refractivity (Wildman–Crippen MR) is 56.1 cm³/mol. The Morgan fingerprint density at radius 3 is 2.75 bits per heavy atom. The van der Waals surface area contributed by atoms with Gasteiger partial charge in [0.1, 0.15) is 11.2 Å². The second-order valence-electron chi connectivity index (χ2n) is 5.46. The molecule has 0 aliphatic carbocycles. The molecule has 2 saturated heterocycles. The lowest BCUT2D eigenvalue weighted by molar-refractivity contribution is -0.128. The van der Waals surface area contributed by atoms with Crippen molar-refractivity contribution in [3.63, 3.8) is 0 Å². The van der Waals surface area contributed by atoms with Crippen LogP contribution in [0.2, 0.25) is 0 Å². The summed E-state index contributed by atoms with van der Waals surface area (Å²) in [7, 11) is 0. The van der Waals surface area contributed by atoms with Crippen molar-refractivity contribution in [1.29, 1.82) is 0 Å². The van der Waals surface area contributed by atoms with E-state index in [1.54, 1.807) is 4.90 Å². The zero-order valence-electron chi connectivity index (χ0n) is 9.86. The molecule has 0 spiro atoms. The molecular weight excluding hydrogens is 210 g/mol. The number of ether oxygens (including phenoxy) is 2. The topological polar surface area (TPSA) is 55.8 Å². The van der Waals surface area contributed by atoms with E-state index >= 15 is 0 Å². The van der Waals surface area contributed by atoms with E-state index in [0.29, 0.717) is 19.6 Å². The van der Waals surface area contributed by atoms with E-state index in [1.165, 1.54) is 0 Å². The highest BCUT2D eigenvalue weighted by Crippen LogP contribution is 2.36. The first-order valence-corrected chi connectivity index (χ1v) is 5.45. The van der Waals surface area contributed by atoms with Gasteiger partial charge in [0.05, 0.1) is 19.2 Å². The number of likely N-dealkylation sites (tertiary alicyclic amines) is 1. The molecule has 2 bridgehead atoms. The Morgan fingerprint density at radius 1 is 1.56 bits per heavy atom. The molecule has 2 aliphatic rings. The molecule has 2 heterocycles. The minimum atomic E-state index is -0.776. The second kappa shape index (κ2) is 3.45. The molecule has 0 radical (unpaired) electrons. The largest absolute Gasteiger partial charge is 0.444 e. The average molecular weight is 227 g/mol. The molecule has 2 aliphatic heterocycles. The number of carbonyl (C=O) groups excluding carboxylic acids is 2. The first kappa shape index (κ1) is 11.4. The summed E-state index contributed by atoms with van der Waals surface area (Å²) in [6, 6.07) is -0.0138. The summed E-state index contributed by atoms with van der Waals surface area (Å²) in [5.41, 5.74) is -1.28. The van der Waals surface area contributed by atoms with Crippen LogP contribution in [0.4, 0.5) is 4.79 Å². The summed E-state index contributed by atoms with van der Waals surface area (Å²) in [5, 5.41) is 0. The molecule has 0 N–H and O–H groups in total. The molecule has 0 aromatic heterocycles. The van der Waals surface area contributed by atoms with E-state index in [-0.39, 0.29) is 12.1 Å². The minimum absolute atomic E-state index is 0.0138. The summed E-state index contributed by atoms with van der Waals surface area (Å²) in [6.07, 6.45) is 1.04. The van der Waals surface area contributed by atoms with Crippen LogP contribution in [0.25, 0.3) is 0 Å². The number of fused-ring (bicyclic) bond motifs is 2. The molecule has 1 amide bonds. The molecule has 0 aromatic rings. The lowest BCUT2D eigenvalue weighted by Crippen LogP contribution is -2.48. The third-order valence-corrected chi connectivity index (χ3v) is 2.87. The highest BCUT2D eigenvalue weighted by Gasteiger charge is 2.53. The van der Waals surface area contributed by atoms with Gasteiger partial charge in [-0.2, -0.15) is 0 Å². The Morgan fingerprint density at radius 2 is 2.25 bits per heavy atom. The van der Waals surface area contributed by atoms with Gasteiger partial charge in [0.25, 0.3) is 0 Å². The third kappa shape index (κ3) is 1.91. The number of morpholine rings is 1. The van der Waals surface area contributed by atoms with Gasteiger partial charge in [0.2, 0.25) is 0 Å². The van der Waals surface area contributed by atoms with E-state index < -0.39 is 11.2 Å². The van der Waals surface area contributed by atoms with E-state index in [2.05, 4.69) is 0 Å². The lowest BCUT2D eigenvalue weighted by Gasteiger charge is -2.31. The van der Waals surface area contributed by atoms with Crippen LogP contribution in [0.1, 0.15) is 27.2 Å². The molecule has 2 rings (SSSR count). The van der Waals surface area contributed by atoms with Crippen molar-refractivity contribution in [1.82, 2.24) is 4.90 Å². The highest BCUT2D eigenvalue weighted by molar-refractivity contribution is 5.73. The quantitative estimate of drug-likeness (QED) is 0.626. The standard InChI is InChI=1S/C11H17NO4/c1-10(2,3)16-9(14)12-6-11(7-13)4-8(12)5-15-11/h7-8H,4-6H2,1-3H3/t8-,11-/m0/s1. The number of hydrogen-bond acceptors (Lipinski definition) is 4. The molecule has 2 fully saturated rings. The van der Waals surface area contributed by atoms with Crippen molar-refractivity contribution in [3.05, 3.63) is 0 Å². The number of amides is 1. The van der Waals surface area contributed by atoms with Crippen LogP contribution in [0, 0.1) is 0 Å². The number of nitrogens with zero attached hydrogens (tertiary/aromatic N) is 1. The van der Waals surface area contributed by atoms with Crippen LogP contribution in [-0.2, 0) is 14.3 Å². The summed E-state index contributed by atoms with van der Waals surface area (Å²) >= 11 is 0. The van der Waals surface area contributed by atoms with Crippen LogP contribution in [0.5, 0.6) is 0 Å². The molecule has 0 aromatic carbocycles. The fourth-order valence-corrected chi connectivity index (χ4v) is 2.16. The number of rotatable bonds is 1. The minimum Gasteiger partial charge on any atom is -0.444 e. The van der Waals surface area contributed by atoms with Crippen LogP contribution in [0.15, 0.2) is 0 Å². The SMILES string of the molecule is CC(C)(C)OC(=O)N1C[C@]2(C=O)C[C@H]1CO2. The summed E-state index contributed by atoms with van der Waals surface area (Å²) in [4.78, 5) is 24.4. The fourth-order valence-electron chi connectivity index (χ4n) is 2.16. The van der Waals surface area contributed by atoms with Gasteiger partial charge in [-0.25, -0.2) is 4.79 Å². The number of hydrogen-bond donors (Lipinski definition) is 0. The lowest BCUT2D eigenvalue weighted by atomic mass is 10.1. The van der Waals surface area contributed by atoms with Crippen LogP contribution >= 0.6 is 0 Å². The fraction of sp³-hybridized carbons (Fsp3) is 0.818. The smallest absolute Gasteiger partial charge is 0.410 e.